The van der Waals surface area contributed by atoms with E-state index < -0.39 is 11.6 Å². The topological polar surface area (TPSA) is 0 Å². The van der Waals surface area contributed by atoms with Gasteiger partial charge in [0.1, 0.15) is 5.82 Å². The van der Waals surface area contributed by atoms with Crippen LogP contribution in [0.2, 0.25) is 0 Å². The summed E-state index contributed by atoms with van der Waals surface area (Å²) < 4.78 is 40.9. The van der Waals surface area contributed by atoms with Crippen molar-refractivity contribution in [3.8, 4) is 11.1 Å². The highest BCUT2D eigenvalue weighted by Crippen LogP contribution is 2.37. The summed E-state index contributed by atoms with van der Waals surface area (Å²) >= 11 is 0. The van der Waals surface area contributed by atoms with E-state index >= 15 is 0 Å². The second-order valence-corrected chi connectivity index (χ2v) is 6.51. The molecule has 0 heterocycles. The van der Waals surface area contributed by atoms with E-state index in [1.807, 2.05) is 13.0 Å². The average molecular weight is 330 g/mol. The van der Waals surface area contributed by atoms with Gasteiger partial charge in [-0.05, 0) is 73.8 Å². The van der Waals surface area contributed by atoms with Gasteiger partial charge in [0.15, 0.2) is 11.6 Å². The zero-order valence-corrected chi connectivity index (χ0v) is 13.7. The lowest BCUT2D eigenvalue weighted by Gasteiger charge is -2.27. The predicted molar refractivity (Wildman–Crippen MR) is 91.3 cm³/mol. The van der Waals surface area contributed by atoms with E-state index in [9.17, 15) is 13.2 Å². The Balaban J connectivity index is 1.79. The molecule has 0 aromatic heterocycles. The Labute approximate surface area is 141 Å². The minimum atomic E-state index is -0.960. The Morgan fingerprint density at radius 2 is 1.58 bits per heavy atom. The fourth-order valence-corrected chi connectivity index (χ4v) is 3.60. The molecular weight excluding hydrogens is 309 g/mol. The molecule has 0 unspecified atom stereocenters. The van der Waals surface area contributed by atoms with E-state index in [-0.39, 0.29) is 5.82 Å². The number of hydrogen-bond donors (Lipinski definition) is 0. The Morgan fingerprint density at radius 1 is 0.833 bits per heavy atom. The first-order valence-corrected chi connectivity index (χ1v) is 8.46. The third-order valence-electron chi connectivity index (χ3n) is 4.93. The molecule has 126 valence electrons. The molecule has 1 aliphatic rings. The van der Waals surface area contributed by atoms with Crippen molar-refractivity contribution >= 4 is 0 Å². The van der Waals surface area contributed by atoms with Crippen molar-refractivity contribution in [1.29, 1.82) is 0 Å². The molecule has 2 aromatic carbocycles. The Hall–Kier alpha value is -2.03. The van der Waals surface area contributed by atoms with E-state index in [4.69, 9.17) is 0 Å². The van der Waals surface area contributed by atoms with E-state index in [2.05, 4.69) is 12.2 Å². The smallest absolute Gasteiger partial charge is 0.159 e. The summed E-state index contributed by atoms with van der Waals surface area (Å²) in [6.45, 7) is 2.04. The molecule has 0 N–H and O–H groups in total. The summed E-state index contributed by atoms with van der Waals surface area (Å²) in [5, 5.41) is 0. The van der Waals surface area contributed by atoms with Crippen molar-refractivity contribution in [2.45, 2.75) is 38.5 Å². The lowest BCUT2D eigenvalue weighted by Crippen LogP contribution is -2.12. The molecule has 0 amide bonds. The summed E-state index contributed by atoms with van der Waals surface area (Å²) in [5.41, 5.74) is 1.66. The maximum atomic E-state index is 14.5. The van der Waals surface area contributed by atoms with Gasteiger partial charge >= 0.3 is 0 Å². The summed E-state index contributed by atoms with van der Waals surface area (Å²) in [6, 6.07) is 8.61. The molecule has 3 rings (SSSR count). The molecule has 0 radical (unpaired) electrons. The van der Waals surface area contributed by atoms with Crippen LogP contribution in [0.4, 0.5) is 13.2 Å². The standard InChI is InChI=1S/C21H21F3/c1-2-3-14-4-6-15(7-5-14)16-8-10-18(20(23)12-16)17-9-11-19(22)21(24)13-17/h2-3,8-15H,4-7H2,1H3/b3-2+. The first-order chi connectivity index (χ1) is 11.6. The lowest BCUT2D eigenvalue weighted by atomic mass is 9.78. The molecule has 0 aliphatic heterocycles. The van der Waals surface area contributed by atoms with Crippen LogP contribution < -0.4 is 0 Å². The van der Waals surface area contributed by atoms with Gasteiger partial charge in [-0.25, -0.2) is 13.2 Å². The highest BCUT2D eigenvalue weighted by molar-refractivity contribution is 5.64. The summed E-state index contributed by atoms with van der Waals surface area (Å²) in [7, 11) is 0. The van der Waals surface area contributed by atoms with Crippen molar-refractivity contribution in [2.24, 2.45) is 5.92 Å². The Kier molecular flexibility index (Phi) is 5.08. The molecule has 24 heavy (non-hydrogen) atoms. The van der Waals surface area contributed by atoms with Crippen LogP contribution in [-0.4, -0.2) is 0 Å². The van der Waals surface area contributed by atoms with E-state index in [1.165, 1.54) is 6.07 Å². The van der Waals surface area contributed by atoms with Gasteiger partial charge in [0, 0.05) is 5.56 Å². The average Bonchev–Trinajstić information content (AvgIpc) is 2.58. The second kappa shape index (κ2) is 7.25. The molecule has 0 nitrogen and oxygen atoms in total. The van der Waals surface area contributed by atoms with Crippen LogP contribution in [-0.2, 0) is 0 Å². The van der Waals surface area contributed by atoms with Gasteiger partial charge < -0.3 is 0 Å². The zero-order chi connectivity index (χ0) is 17.1. The van der Waals surface area contributed by atoms with Gasteiger partial charge in [-0.15, -0.1) is 0 Å². The van der Waals surface area contributed by atoms with Crippen LogP contribution in [0.3, 0.4) is 0 Å². The first-order valence-electron chi connectivity index (χ1n) is 8.46. The minimum absolute atomic E-state index is 0.306. The Bertz CT molecular complexity index is 741. The summed E-state index contributed by atoms with van der Waals surface area (Å²) in [5.74, 6) is -1.25. The minimum Gasteiger partial charge on any atom is -0.206 e. The SMILES string of the molecule is C/C=C/C1CCC(c2ccc(-c3ccc(F)c(F)c3)c(F)c2)CC1. The fraction of sp³-hybridized carbons (Fsp3) is 0.333. The molecule has 0 saturated heterocycles. The van der Waals surface area contributed by atoms with Crippen molar-refractivity contribution in [3.05, 3.63) is 71.6 Å². The van der Waals surface area contributed by atoms with Crippen LogP contribution >= 0.6 is 0 Å². The molecule has 1 saturated carbocycles. The number of benzene rings is 2. The van der Waals surface area contributed by atoms with Crippen LogP contribution in [0.25, 0.3) is 11.1 Å². The monoisotopic (exact) mass is 330 g/mol. The number of hydrogen-bond acceptors (Lipinski definition) is 0. The largest absolute Gasteiger partial charge is 0.206 e. The number of allylic oxidation sites excluding steroid dienone is 2. The molecule has 3 heteroatoms. The molecule has 0 spiro atoms. The van der Waals surface area contributed by atoms with Crippen LogP contribution in [0.15, 0.2) is 48.6 Å². The second-order valence-electron chi connectivity index (χ2n) is 6.51. The zero-order valence-electron chi connectivity index (χ0n) is 13.7. The van der Waals surface area contributed by atoms with Gasteiger partial charge in [0.2, 0.25) is 0 Å². The fourth-order valence-electron chi connectivity index (χ4n) is 3.60. The van der Waals surface area contributed by atoms with E-state index in [0.29, 0.717) is 23.0 Å². The summed E-state index contributed by atoms with van der Waals surface area (Å²) in [6.07, 6.45) is 8.71. The molecular formula is C21H21F3. The maximum Gasteiger partial charge on any atom is 0.159 e. The van der Waals surface area contributed by atoms with E-state index in [0.717, 1.165) is 43.4 Å². The first kappa shape index (κ1) is 16.8. The van der Waals surface area contributed by atoms with Crippen LogP contribution in [0.1, 0.15) is 44.1 Å². The van der Waals surface area contributed by atoms with Gasteiger partial charge in [0.05, 0.1) is 0 Å². The number of rotatable bonds is 3. The van der Waals surface area contributed by atoms with Crippen molar-refractivity contribution in [3.63, 3.8) is 0 Å². The maximum absolute atomic E-state index is 14.5. The third kappa shape index (κ3) is 3.55. The Morgan fingerprint density at radius 3 is 2.21 bits per heavy atom. The molecule has 0 atom stereocenters. The quantitative estimate of drug-likeness (QED) is 0.555. The van der Waals surface area contributed by atoms with Gasteiger partial charge in [0.25, 0.3) is 0 Å². The number of halogens is 3. The highest BCUT2D eigenvalue weighted by Gasteiger charge is 2.21. The third-order valence-corrected chi connectivity index (χ3v) is 4.93. The molecule has 1 fully saturated rings. The van der Waals surface area contributed by atoms with Crippen molar-refractivity contribution in [2.75, 3.05) is 0 Å². The molecule has 1 aliphatic carbocycles. The molecule has 0 bridgehead atoms. The molecule has 2 aromatic rings. The van der Waals surface area contributed by atoms with E-state index in [1.54, 1.807) is 12.1 Å². The summed E-state index contributed by atoms with van der Waals surface area (Å²) in [4.78, 5) is 0. The van der Waals surface area contributed by atoms with Crippen molar-refractivity contribution in [1.82, 2.24) is 0 Å². The van der Waals surface area contributed by atoms with Crippen LogP contribution in [0, 0.1) is 23.4 Å². The normalized spacial score (nSPS) is 21.3. The van der Waals surface area contributed by atoms with Crippen LogP contribution in [0.5, 0.6) is 0 Å². The van der Waals surface area contributed by atoms with Gasteiger partial charge in [-0.3, -0.25) is 0 Å². The van der Waals surface area contributed by atoms with Crippen molar-refractivity contribution < 1.29 is 13.2 Å². The highest BCUT2D eigenvalue weighted by atomic mass is 19.2. The van der Waals surface area contributed by atoms with Gasteiger partial charge in [-0.1, -0.05) is 30.4 Å². The predicted octanol–water partition coefficient (Wildman–Crippen LogP) is 6.62. The lowest BCUT2D eigenvalue weighted by molar-refractivity contribution is 0.375. The van der Waals surface area contributed by atoms with Gasteiger partial charge in [-0.2, -0.15) is 0 Å².